The van der Waals surface area contributed by atoms with Crippen molar-refractivity contribution in [3.63, 3.8) is 0 Å². The van der Waals surface area contributed by atoms with E-state index in [9.17, 15) is 4.79 Å². The summed E-state index contributed by atoms with van der Waals surface area (Å²) in [5.41, 5.74) is 0. The van der Waals surface area contributed by atoms with Crippen LogP contribution in [0.3, 0.4) is 0 Å². The Morgan fingerprint density at radius 2 is 1.72 bits per heavy atom. The van der Waals surface area contributed by atoms with E-state index in [1.165, 1.54) is 32.1 Å². The van der Waals surface area contributed by atoms with Gasteiger partial charge in [-0.3, -0.25) is 4.79 Å². The zero-order chi connectivity index (χ0) is 13.4. The molecular weight excluding hydrogens is 246 g/mol. The molecule has 0 spiro atoms. The number of halogens is 1. The van der Waals surface area contributed by atoms with Crippen LogP contribution < -0.4 is 0 Å². The topological polar surface area (TPSA) is 20.3 Å². The van der Waals surface area contributed by atoms with Gasteiger partial charge in [0.1, 0.15) is 0 Å². The zero-order valence-electron chi connectivity index (χ0n) is 12.0. The van der Waals surface area contributed by atoms with Gasteiger partial charge in [0, 0.05) is 24.4 Å². The quantitative estimate of drug-likeness (QED) is 0.687. The maximum Gasteiger partial charge on any atom is 0.225 e. The van der Waals surface area contributed by atoms with Gasteiger partial charge in [0.05, 0.1) is 0 Å². The van der Waals surface area contributed by atoms with Crippen LogP contribution in [0, 0.1) is 5.92 Å². The highest BCUT2D eigenvalue weighted by molar-refractivity contribution is 6.17. The molecule has 0 unspecified atom stereocenters. The van der Waals surface area contributed by atoms with Crippen LogP contribution in [0.4, 0.5) is 0 Å². The smallest absolute Gasteiger partial charge is 0.225 e. The fraction of sp³-hybridized carbons (Fsp3) is 0.933. The Morgan fingerprint density at radius 3 is 2.22 bits per heavy atom. The van der Waals surface area contributed by atoms with Gasteiger partial charge in [0.25, 0.3) is 0 Å². The van der Waals surface area contributed by atoms with Crippen molar-refractivity contribution < 1.29 is 4.79 Å². The van der Waals surface area contributed by atoms with E-state index in [-0.39, 0.29) is 5.92 Å². The number of carbonyl (C=O) groups is 1. The Hall–Kier alpha value is -0.240. The average molecular weight is 274 g/mol. The monoisotopic (exact) mass is 273 g/mol. The average Bonchev–Trinajstić information content (AvgIpc) is 2.28. The molecule has 0 aromatic rings. The summed E-state index contributed by atoms with van der Waals surface area (Å²) in [6, 6.07) is 0.297. The van der Waals surface area contributed by atoms with E-state index in [4.69, 9.17) is 11.6 Å². The standard InChI is InChI=1S/C15H28ClNO/c1-13(2)17(12-8-11-16)15(18)14-9-6-4-3-5-7-10-14/h13-14H,3-12H2,1-2H3. The van der Waals surface area contributed by atoms with E-state index < -0.39 is 0 Å². The van der Waals surface area contributed by atoms with Crippen LogP contribution >= 0.6 is 11.6 Å². The summed E-state index contributed by atoms with van der Waals surface area (Å²) in [7, 11) is 0. The van der Waals surface area contributed by atoms with E-state index in [0.717, 1.165) is 25.8 Å². The third-order valence-electron chi connectivity index (χ3n) is 3.89. The number of hydrogen-bond donors (Lipinski definition) is 0. The minimum Gasteiger partial charge on any atom is -0.340 e. The summed E-state index contributed by atoms with van der Waals surface area (Å²) in [6.45, 7) is 5.03. The SMILES string of the molecule is CC(C)N(CCCCl)C(=O)C1CCCCCCC1. The van der Waals surface area contributed by atoms with Gasteiger partial charge in [-0.15, -0.1) is 11.6 Å². The molecule has 18 heavy (non-hydrogen) atoms. The molecule has 3 heteroatoms. The molecule has 1 rings (SSSR count). The van der Waals surface area contributed by atoms with Crippen LogP contribution in [-0.4, -0.2) is 29.3 Å². The summed E-state index contributed by atoms with van der Waals surface area (Å²) < 4.78 is 0. The molecule has 0 saturated heterocycles. The maximum absolute atomic E-state index is 12.6. The van der Waals surface area contributed by atoms with Crippen LogP contribution in [0.1, 0.15) is 65.2 Å². The highest BCUT2D eigenvalue weighted by Gasteiger charge is 2.25. The first-order valence-corrected chi connectivity index (χ1v) is 8.06. The first-order chi connectivity index (χ1) is 8.66. The van der Waals surface area contributed by atoms with Crippen LogP contribution in [-0.2, 0) is 4.79 Å². The van der Waals surface area contributed by atoms with Gasteiger partial charge in [0.15, 0.2) is 0 Å². The molecule has 1 fully saturated rings. The maximum atomic E-state index is 12.6. The molecule has 2 nitrogen and oxygen atoms in total. The first-order valence-electron chi connectivity index (χ1n) is 7.53. The predicted octanol–water partition coefficient (Wildman–Crippen LogP) is 4.21. The third-order valence-corrected chi connectivity index (χ3v) is 4.16. The molecule has 1 aliphatic carbocycles. The molecule has 1 amide bonds. The minimum absolute atomic E-state index is 0.267. The van der Waals surface area contributed by atoms with Crippen molar-refractivity contribution in [3.05, 3.63) is 0 Å². The summed E-state index contributed by atoms with van der Waals surface area (Å²) in [5, 5.41) is 0. The molecular formula is C15H28ClNO. The van der Waals surface area contributed by atoms with Crippen LogP contribution in [0.5, 0.6) is 0 Å². The van der Waals surface area contributed by atoms with E-state index in [1.807, 2.05) is 4.90 Å². The molecule has 0 aliphatic heterocycles. The Morgan fingerprint density at radius 1 is 1.17 bits per heavy atom. The lowest BCUT2D eigenvalue weighted by molar-refractivity contribution is -0.138. The van der Waals surface area contributed by atoms with E-state index in [0.29, 0.717) is 17.8 Å². The molecule has 0 N–H and O–H groups in total. The summed E-state index contributed by atoms with van der Waals surface area (Å²) in [6.07, 6.45) is 9.46. The normalized spacial score (nSPS) is 18.4. The van der Waals surface area contributed by atoms with Gasteiger partial charge in [-0.1, -0.05) is 32.1 Å². The summed E-state index contributed by atoms with van der Waals surface area (Å²) >= 11 is 5.75. The summed E-state index contributed by atoms with van der Waals surface area (Å²) in [4.78, 5) is 14.6. The highest BCUT2D eigenvalue weighted by Crippen LogP contribution is 2.24. The fourth-order valence-corrected chi connectivity index (χ4v) is 2.91. The number of nitrogens with zero attached hydrogens (tertiary/aromatic N) is 1. The van der Waals surface area contributed by atoms with Crippen molar-refractivity contribution in [3.8, 4) is 0 Å². The van der Waals surface area contributed by atoms with Gasteiger partial charge >= 0.3 is 0 Å². The molecule has 0 radical (unpaired) electrons. The van der Waals surface area contributed by atoms with E-state index >= 15 is 0 Å². The summed E-state index contributed by atoms with van der Waals surface area (Å²) in [5.74, 6) is 1.28. The van der Waals surface area contributed by atoms with Crippen molar-refractivity contribution >= 4 is 17.5 Å². The van der Waals surface area contributed by atoms with Crippen LogP contribution in [0.25, 0.3) is 0 Å². The number of amides is 1. The van der Waals surface area contributed by atoms with Gasteiger partial charge < -0.3 is 4.90 Å². The number of carbonyl (C=O) groups excluding carboxylic acids is 1. The Balaban J connectivity index is 2.55. The van der Waals surface area contributed by atoms with E-state index in [2.05, 4.69) is 13.8 Å². The predicted molar refractivity (Wildman–Crippen MR) is 78.0 cm³/mol. The first kappa shape index (κ1) is 15.8. The third kappa shape index (κ3) is 5.17. The molecule has 106 valence electrons. The fourth-order valence-electron chi connectivity index (χ4n) is 2.79. The molecule has 0 heterocycles. The second-order valence-corrected chi connectivity index (χ2v) is 6.09. The Bertz CT molecular complexity index is 235. The highest BCUT2D eigenvalue weighted by atomic mass is 35.5. The van der Waals surface area contributed by atoms with Gasteiger partial charge in [-0.2, -0.15) is 0 Å². The lowest BCUT2D eigenvalue weighted by atomic mass is 9.90. The largest absolute Gasteiger partial charge is 0.340 e. The second-order valence-electron chi connectivity index (χ2n) is 5.71. The zero-order valence-corrected chi connectivity index (χ0v) is 12.7. The second kappa shape index (κ2) is 8.79. The molecule has 0 aromatic carbocycles. The molecule has 1 aliphatic rings. The lowest BCUT2D eigenvalue weighted by Crippen LogP contribution is -2.41. The van der Waals surface area contributed by atoms with Crippen molar-refractivity contribution in [2.75, 3.05) is 12.4 Å². The van der Waals surface area contributed by atoms with Crippen molar-refractivity contribution in [2.45, 2.75) is 71.3 Å². The van der Waals surface area contributed by atoms with Gasteiger partial charge in [-0.05, 0) is 33.1 Å². The van der Waals surface area contributed by atoms with Crippen molar-refractivity contribution in [1.29, 1.82) is 0 Å². The van der Waals surface area contributed by atoms with Crippen LogP contribution in [0.15, 0.2) is 0 Å². The van der Waals surface area contributed by atoms with Gasteiger partial charge in [-0.25, -0.2) is 0 Å². The van der Waals surface area contributed by atoms with Crippen molar-refractivity contribution in [2.24, 2.45) is 5.92 Å². The van der Waals surface area contributed by atoms with Crippen LogP contribution in [0.2, 0.25) is 0 Å². The number of rotatable bonds is 5. The molecule has 0 bridgehead atoms. The number of hydrogen-bond acceptors (Lipinski definition) is 1. The van der Waals surface area contributed by atoms with E-state index in [1.54, 1.807) is 0 Å². The molecule has 1 saturated carbocycles. The van der Waals surface area contributed by atoms with Gasteiger partial charge in [0.2, 0.25) is 5.91 Å². The van der Waals surface area contributed by atoms with Crippen molar-refractivity contribution in [1.82, 2.24) is 4.90 Å². The minimum atomic E-state index is 0.267. The Labute approximate surface area is 117 Å². The Kier molecular flexibility index (Phi) is 7.73. The molecule has 0 atom stereocenters. The molecule has 0 aromatic heterocycles. The lowest BCUT2D eigenvalue weighted by Gasteiger charge is -2.31. The number of alkyl halides is 1.